The van der Waals surface area contributed by atoms with E-state index in [9.17, 15) is 0 Å². The lowest BCUT2D eigenvalue weighted by molar-refractivity contribution is 0.594. The lowest BCUT2D eigenvalue weighted by Crippen LogP contribution is -2.15. The van der Waals surface area contributed by atoms with Gasteiger partial charge in [0.15, 0.2) is 0 Å². The first-order valence-corrected chi connectivity index (χ1v) is 13.5. The Hall–Kier alpha value is -4.42. The summed E-state index contributed by atoms with van der Waals surface area (Å²) >= 11 is 0. The van der Waals surface area contributed by atoms with Gasteiger partial charge in [0.25, 0.3) is 0 Å². The molecule has 0 saturated heterocycles. The molecule has 182 valence electrons. The average Bonchev–Trinajstić information content (AvgIpc) is 2.94. The zero-order valence-electron chi connectivity index (χ0n) is 22.1. The number of hydrogen-bond acceptors (Lipinski definition) is 0. The average molecular weight is 487 g/mol. The van der Waals surface area contributed by atoms with Crippen molar-refractivity contribution in [1.82, 2.24) is 0 Å². The van der Waals surface area contributed by atoms with Crippen molar-refractivity contribution in [3.05, 3.63) is 133 Å². The summed E-state index contributed by atoms with van der Waals surface area (Å²) in [5, 5.41) is 10.3. The van der Waals surface area contributed by atoms with Crippen LogP contribution in [-0.4, -0.2) is 0 Å². The van der Waals surface area contributed by atoms with Crippen LogP contribution >= 0.6 is 0 Å². The molecule has 0 saturated carbocycles. The summed E-state index contributed by atoms with van der Waals surface area (Å²) in [5.74, 6) is 0. The van der Waals surface area contributed by atoms with Gasteiger partial charge in [-0.15, -0.1) is 0 Å². The third-order valence-corrected chi connectivity index (χ3v) is 7.90. The van der Waals surface area contributed by atoms with Gasteiger partial charge in [-0.1, -0.05) is 130 Å². The van der Waals surface area contributed by atoms with Crippen molar-refractivity contribution < 1.29 is 0 Å². The highest BCUT2D eigenvalue weighted by atomic mass is 14.3. The summed E-state index contributed by atoms with van der Waals surface area (Å²) in [6, 6.07) is 47.0. The zero-order chi connectivity index (χ0) is 25.9. The molecule has 0 nitrogen and oxygen atoms in total. The second-order valence-corrected chi connectivity index (χ2v) is 11.4. The van der Waals surface area contributed by atoms with E-state index in [1.54, 1.807) is 0 Å². The van der Waals surface area contributed by atoms with E-state index in [-0.39, 0.29) is 5.41 Å². The van der Waals surface area contributed by atoms with E-state index in [0.29, 0.717) is 0 Å². The topological polar surface area (TPSA) is 0 Å². The van der Waals surface area contributed by atoms with Crippen LogP contribution in [0.15, 0.2) is 127 Å². The molecular formula is C38H30. The Morgan fingerprint density at radius 2 is 0.868 bits per heavy atom. The molecule has 0 bridgehead atoms. The Morgan fingerprint density at radius 3 is 1.50 bits per heavy atom. The molecule has 0 aliphatic heterocycles. The third-order valence-electron chi connectivity index (χ3n) is 7.90. The van der Waals surface area contributed by atoms with E-state index in [1.165, 1.54) is 70.9 Å². The van der Waals surface area contributed by atoms with Crippen molar-refractivity contribution in [3.63, 3.8) is 0 Å². The normalized spacial score (nSPS) is 12.1. The van der Waals surface area contributed by atoms with E-state index in [0.717, 1.165) is 0 Å². The van der Waals surface area contributed by atoms with Gasteiger partial charge in [0, 0.05) is 0 Å². The van der Waals surface area contributed by atoms with E-state index >= 15 is 0 Å². The first-order chi connectivity index (χ1) is 18.5. The van der Waals surface area contributed by atoms with Gasteiger partial charge in [-0.3, -0.25) is 0 Å². The van der Waals surface area contributed by atoms with Crippen LogP contribution in [0.5, 0.6) is 0 Å². The zero-order valence-corrected chi connectivity index (χ0v) is 22.1. The SMILES string of the molecule is CC(C)(C)c1c(-c2cccc3ccccc23)cc2cc3ccccc3cc2c1-c1cccc2ccccc12. The highest BCUT2D eigenvalue weighted by molar-refractivity contribution is 6.14. The van der Waals surface area contributed by atoms with Gasteiger partial charge in [-0.05, 0) is 94.5 Å². The van der Waals surface area contributed by atoms with Crippen molar-refractivity contribution in [1.29, 1.82) is 0 Å². The standard InChI is InChI=1S/C38H30/c1-38(2,3)37-35(32-20-10-16-25-12-6-8-18-30(25)32)24-29-22-27-14-4-5-15-28(27)23-34(29)36(37)33-21-11-17-26-13-7-9-19-31(26)33/h4-24H,1-3H3. The quantitative estimate of drug-likeness (QED) is 0.213. The predicted octanol–water partition coefficient (Wildman–Crippen LogP) is 10.9. The molecule has 38 heavy (non-hydrogen) atoms. The monoisotopic (exact) mass is 486 g/mol. The molecule has 0 aromatic heterocycles. The maximum atomic E-state index is 2.44. The molecule has 7 rings (SSSR count). The van der Waals surface area contributed by atoms with Crippen molar-refractivity contribution >= 4 is 43.1 Å². The van der Waals surface area contributed by atoms with E-state index < -0.39 is 0 Å². The molecule has 0 aliphatic rings. The Balaban J connectivity index is 1.73. The molecule has 7 aromatic carbocycles. The summed E-state index contributed by atoms with van der Waals surface area (Å²) in [6.07, 6.45) is 0. The van der Waals surface area contributed by atoms with Crippen LogP contribution in [0.25, 0.3) is 65.3 Å². The molecule has 0 heterocycles. The first kappa shape index (κ1) is 22.8. The van der Waals surface area contributed by atoms with Crippen LogP contribution in [-0.2, 0) is 5.41 Å². The minimum atomic E-state index is -0.0849. The molecule has 0 N–H and O–H groups in total. The first-order valence-electron chi connectivity index (χ1n) is 13.5. The summed E-state index contributed by atoms with van der Waals surface area (Å²) in [4.78, 5) is 0. The van der Waals surface area contributed by atoms with E-state index in [4.69, 9.17) is 0 Å². The number of rotatable bonds is 2. The van der Waals surface area contributed by atoms with Gasteiger partial charge in [0.2, 0.25) is 0 Å². The van der Waals surface area contributed by atoms with Crippen LogP contribution in [0.4, 0.5) is 0 Å². The Kier molecular flexibility index (Phi) is 5.13. The molecule has 0 unspecified atom stereocenters. The molecular weight excluding hydrogens is 456 g/mol. The fraction of sp³-hybridized carbons (Fsp3) is 0.105. The highest BCUT2D eigenvalue weighted by Gasteiger charge is 2.27. The van der Waals surface area contributed by atoms with Crippen molar-refractivity contribution in [2.45, 2.75) is 26.2 Å². The molecule has 0 amide bonds. The van der Waals surface area contributed by atoms with E-state index in [1.807, 2.05) is 0 Å². The molecule has 0 fully saturated rings. The summed E-state index contributed by atoms with van der Waals surface area (Å²) < 4.78 is 0. The van der Waals surface area contributed by atoms with Crippen LogP contribution in [0.2, 0.25) is 0 Å². The maximum Gasteiger partial charge on any atom is -0.00553 e. The molecule has 0 aliphatic carbocycles. The Labute approximate surface area is 224 Å². The molecule has 0 radical (unpaired) electrons. The fourth-order valence-electron chi connectivity index (χ4n) is 6.27. The Morgan fingerprint density at radius 1 is 0.368 bits per heavy atom. The number of benzene rings is 7. The Bertz CT molecular complexity index is 1990. The number of fused-ring (bicyclic) bond motifs is 4. The van der Waals surface area contributed by atoms with Gasteiger partial charge in [0.05, 0.1) is 0 Å². The van der Waals surface area contributed by atoms with Crippen molar-refractivity contribution in [2.24, 2.45) is 0 Å². The molecule has 0 heteroatoms. The van der Waals surface area contributed by atoms with E-state index in [2.05, 4.69) is 148 Å². The van der Waals surface area contributed by atoms with Gasteiger partial charge < -0.3 is 0 Å². The maximum absolute atomic E-state index is 2.44. The highest BCUT2D eigenvalue weighted by Crippen LogP contribution is 2.48. The van der Waals surface area contributed by atoms with Crippen LogP contribution in [0, 0.1) is 0 Å². The smallest absolute Gasteiger partial charge is 0.00553 e. The molecule has 7 aromatic rings. The van der Waals surface area contributed by atoms with Crippen LogP contribution < -0.4 is 0 Å². The number of hydrogen-bond donors (Lipinski definition) is 0. The minimum absolute atomic E-state index is 0.0849. The predicted molar refractivity (Wildman–Crippen MR) is 166 cm³/mol. The second kappa shape index (κ2) is 8.57. The summed E-state index contributed by atoms with van der Waals surface area (Å²) in [7, 11) is 0. The van der Waals surface area contributed by atoms with Crippen molar-refractivity contribution in [2.75, 3.05) is 0 Å². The van der Waals surface area contributed by atoms with Crippen LogP contribution in [0.1, 0.15) is 26.3 Å². The van der Waals surface area contributed by atoms with Gasteiger partial charge in [0.1, 0.15) is 0 Å². The largest absolute Gasteiger partial charge is 0.0616 e. The molecule has 0 spiro atoms. The van der Waals surface area contributed by atoms with Crippen molar-refractivity contribution in [3.8, 4) is 22.3 Å². The lowest BCUT2D eigenvalue weighted by atomic mass is 9.74. The summed E-state index contributed by atoms with van der Waals surface area (Å²) in [5.41, 5.74) is 6.58. The lowest BCUT2D eigenvalue weighted by Gasteiger charge is -2.29. The molecule has 0 atom stereocenters. The fourth-order valence-corrected chi connectivity index (χ4v) is 6.27. The van der Waals surface area contributed by atoms with Crippen LogP contribution in [0.3, 0.4) is 0 Å². The van der Waals surface area contributed by atoms with Gasteiger partial charge in [-0.25, -0.2) is 0 Å². The van der Waals surface area contributed by atoms with Gasteiger partial charge in [-0.2, -0.15) is 0 Å². The second-order valence-electron chi connectivity index (χ2n) is 11.4. The minimum Gasteiger partial charge on any atom is -0.0616 e. The summed E-state index contributed by atoms with van der Waals surface area (Å²) in [6.45, 7) is 7.08. The third kappa shape index (κ3) is 3.60. The van der Waals surface area contributed by atoms with Gasteiger partial charge >= 0.3 is 0 Å².